The Morgan fingerprint density at radius 3 is 2.25 bits per heavy atom. The molecule has 0 saturated carbocycles. The van der Waals surface area contributed by atoms with E-state index in [2.05, 4.69) is 0 Å². The van der Waals surface area contributed by atoms with Crippen molar-refractivity contribution < 1.29 is 8.42 Å². The van der Waals surface area contributed by atoms with Crippen LogP contribution in [0.5, 0.6) is 0 Å². The molecule has 0 spiro atoms. The molecule has 46 valence electrons. The maximum Gasteiger partial charge on any atom is 0.179 e. The Balaban J connectivity index is 2.29. The summed E-state index contributed by atoms with van der Waals surface area (Å²) in [5.74, 6) is 0.317. The zero-order valence-corrected chi connectivity index (χ0v) is 5.19. The lowest BCUT2D eigenvalue weighted by Crippen LogP contribution is -2.64. The second-order valence-corrected chi connectivity index (χ2v) is 4.48. The highest BCUT2D eigenvalue weighted by Crippen LogP contribution is 2.32. The first-order chi connectivity index (χ1) is 3.70. The van der Waals surface area contributed by atoms with Gasteiger partial charge in [-0.2, -0.15) is 0 Å². The molecule has 0 radical (unpaired) electrons. The number of hydrogen-bond acceptors (Lipinski definition) is 3. The zero-order valence-electron chi connectivity index (χ0n) is 4.37. The molecule has 2 fully saturated rings. The SMILES string of the molecule is O=S1(=O)CN2CCC21. The minimum absolute atomic E-state index is 0.0671. The molecule has 0 aromatic rings. The van der Waals surface area contributed by atoms with E-state index in [1.54, 1.807) is 0 Å². The van der Waals surface area contributed by atoms with Crippen LogP contribution < -0.4 is 0 Å². The molecule has 0 amide bonds. The van der Waals surface area contributed by atoms with Gasteiger partial charge in [0.05, 0.1) is 0 Å². The molecule has 0 aliphatic carbocycles. The van der Waals surface area contributed by atoms with Gasteiger partial charge in [0.1, 0.15) is 11.3 Å². The molecule has 8 heavy (non-hydrogen) atoms. The fourth-order valence-corrected chi connectivity index (χ4v) is 2.99. The molecule has 0 N–H and O–H groups in total. The van der Waals surface area contributed by atoms with Crippen LogP contribution in [0, 0.1) is 0 Å². The minimum atomic E-state index is -2.60. The molecule has 0 aromatic carbocycles. The highest BCUT2D eigenvalue weighted by Gasteiger charge is 2.49. The molecular formula is C4H7NO2S. The van der Waals surface area contributed by atoms with E-state index in [1.165, 1.54) is 0 Å². The van der Waals surface area contributed by atoms with E-state index in [0.29, 0.717) is 5.88 Å². The largest absolute Gasteiger partial charge is 0.273 e. The Kier molecular flexibility index (Phi) is 0.646. The van der Waals surface area contributed by atoms with Crippen LogP contribution in [-0.4, -0.2) is 31.1 Å². The Hall–Kier alpha value is -0.0900. The summed E-state index contributed by atoms with van der Waals surface area (Å²) in [7, 11) is -2.60. The van der Waals surface area contributed by atoms with Crippen LogP contribution in [0.2, 0.25) is 0 Å². The molecule has 2 aliphatic heterocycles. The van der Waals surface area contributed by atoms with Crippen LogP contribution in [-0.2, 0) is 9.84 Å². The number of nitrogens with zero attached hydrogens (tertiary/aromatic N) is 1. The van der Waals surface area contributed by atoms with Gasteiger partial charge in [0.15, 0.2) is 9.84 Å². The second-order valence-electron chi connectivity index (χ2n) is 2.35. The van der Waals surface area contributed by atoms with E-state index in [-0.39, 0.29) is 5.37 Å². The predicted octanol–water partition coefficient (Wildman–Crippen LogP) is -0.596. The minimum Gasteiger partial charge on any atom is -0.273 e. The van der Waals surface area contributed by atoms with Crippen molar-refractivity contribution >= 4 is 9.84 Å². The quantitative estimate of drug-likeness (QED) is 0.443. The lowest BCUT2D eigenvalue weighted by Gasteiger charge is -2.48. The smallest absolute Gasteiger partial charge is 0.179 e. The van der Waals surface area contributed by atoms with E-state index < -0.39 is 9.84 Å². The number of rotatable bonds is 0. The Morgan fingerprint density at radius 2 is 2.25 bits per heavy atom. The number of hydrogen-bond donors (Lipinski definition) is 0. The Labute approximate surface area is 48.2 Å². The van der Waals surface area contributed by atoms with E-state index in [4.69, 9.17) is 0 Å². The van der Waals surface area contributed by atoms with Gasteiger partial charge in [-0.15, -0.1) is 0 Å². The summed E-state index contributed by atoms with van der Waals surface area (Å²) in [6, 6.07) is 0. The summed E-state index contributed by atoms with van der Waals surface area (Å²) in [6.45, 7) is 0.990. The lowest BCUT2D eigenvalue weighted by molar-refractivity contribution is 0.136. The van der Waals surface area contributed by atoms with Crippen LogP contribution in [0.25, 0.3) is 0 Å². The van der Waals surface area contributed by atoms with Gasteiger partial charge in [-0.05, 0) is 6.42 Å². The van der Waals surface area contributed by atoms with Crippen molar-refractivity contribution in [1.82, 2.24) is 4.90 Å². The molecule has 0 aromatic heterocycles. The molecule has 2 rings (SSSR count). The van der Waals surface area contributed by atoms with Crippen LogP contribution in [0.1, 0.15) is 6.42 Å². The van der Waals surface area contributed by atoms with E-state index in [0.717, 1.165) is 13.0 Å². The molecule has 1 unspecified atom stereocenters. The third kappa shape index (κ3) is 0.359. The fraction of sp³-hybridized carbons (Fsp3) is 1.00. The molecule has 4 heteroatoms. The summed E-state index contributed by atoms with van der Waals surface area (Å²) in [4.78, 5) is 1.97. The van der Waals surface area contributed by atoms with Gasteiger partial charge < -0.3 is 0 Å². The second kappa shape index (κ2) is 1.09. The van der Waals surface area contributed by atoms with Crippen LogP contribution in [0.3, 0.4) is 0 Å². The zero-order chi connectivity index (χ0) is 5.78. The Morgan fingerprint density at radius 1 is 1.50 bits per heavy atom. The maximum absolute atomic E-state index is 10.6. The van der Waals surface area contributed by atoms with Gasteiger partial charge in [-0.3, -0.25) is 4.90 Å². The van der Waals surface area contributed by atoms with Gasteiger partial charge in [0.25, 0.3) is 0 Å². The van der Waals surface area contributed by atoms with Gasteiger partial charge in [0, 0.05) is 6.54 Å². The molecule has 3 nitrogen and oxygen atoms in total. The maximum atomic E-state index is 10.6. The Bertz CT molecular complexity index is 208. The first-order valence-electron chi connectivity index (χ1n) is 2.66. The standard InChI is InChI=1S/C4H7NO2S/c6-8(7)3-5-2-1-4(5)8/h4H,1-3H2. The van der Waals surface area contributed by atoms with Crippen molar-refractivity contribution in [3.63, 3.8) is 0 Å². The van der Waals surface area contributed by atoms with E-state index in [1.807, 2.05) is 4.90 Å². The highest BCUT2D eigenvalue weighted by atomic mass is 32.2. The summed E-state index contributed by atoms with van der Waals surface area (Å²) in [5.41, 5.74) is 0. The van der Waals surface area contributed by atoms with E-state index >= 15 is 0 Å². The molecule has 1 atom stereocenters. The summed E-state index contributed by atoms with van der Waals surface area (Å²) in [6.07, 6.45) is 0.863. The van der Waals surface area contributed by atoms with Crippen molar-refractivity contribution in [3.05, 3.63) is 0 Å². The van der Waals surface area contributed by atoms with Crippen LogP contribution in [0.15, 0.2) is 0 Å². The third-order valence-corrected chi connectivity index (χ3v) is 3.89. The van der Waals surface area contributed by atoms with Crippen molar-refractivity contribution in [2.75, 3.05) is 12.4 Å². The average Bonchev–Trinajstić information content (AvgIpc) is 1.57. The molecule has 0 bridgehead atoms. The topological polar surface area (TPSA) is 37.4 Å². The van der Waals surface area contributed by atoms with E-state index in [9.17, 15) is 8.42 Å². The van der Waals surface area contributed by atoms with Crippen molar-refractivity contribution in [1.29, 1.82) is 0 Å². The fourth-order valence-electron chi connectivity index (χ4n) is 1.20. The van der Waals surface area contributed by atoms with Gasteiger partial charge in [-0.25, -0.2) is 8.42 Å². The number of fused-ring (bicyclic) bond motifs is 1. The normalized spacial score (nSPS) is 41.8. The van der Waals surface area contributed by atoms with Gasteiger partial charge in [-0.1, -0.05) is 0 Å². The van der Waals surface area contributed by atoms with Gasteiger partial charge in [0.2, 0.25) is 0 Å². The van der Waals surface area contributed by atoms with Crippen molar-refractivity contribution in [2.24, 2.45) is 0 Å². The first kappa shape index (κ1) is 4.76. The summed E-state index contributed by atoms with van der Waals surface area (Å²) < 4.78 is 21.3. The van der Waals surface area contributed by atoms with Crippen molar-refractivity contribution in [2.45, 2.75) is 11.8 Å². The molecule has 2 saturated heterocycles. The van der Waals surface area contributed by atoms with Gasteiger partial charge >= 0.3 is 0 Å². The van der Waals surface area contributed by atoms with Crippen molar-refractivity contribution in [3.8, 4) is 0 Å². The average molecular weight is 133 g/mol. The number of sulfone groups is 1. The third-order valence-electron chi connectivity index (χ3n) is 1.83. The lowest BCUT2D eigenvalue weighted by atomic mass is 10.2. The molecule has 2 heterocycles. The summed E-state index contributed by atoms with van der Waals surface area (Å²) in [5, 5.41) is -0.0671. The molecule has 2 aliphatic rings. The van der Waals surface area contributed by atoms with Crippen LogP contribution in [0.4, 0.5) is 0 Å². The molecular weight excluding hydrogens is 126 g/mol. The predicted molar refractivity (Wildman–Crippen MR) is 28.9 cm³/mol. The highest BCUT2D eigenvalue weighted by molar-refractivity contribution is 7.93. The first-order valence-corrected chi connectivity index (χ1v) is 4.37. The van der Waals surface area contributed by atoms with Crippen LogP contribution >= 0.6 is 0 Å². The summed E-state index contributed by atoms with van der Waals surface area (Å²) >= 11 is 0. The monoisotopic (exact) mass is 133 g/mol.